The van der Waals surface area contributed by atoms with Crippen molar-refractivity contribution in [2.24, 2.45) is 0 Å². The second kappa shape index (κ2) is 6.36. The van der Waals surface area contributed by atoms with Gasteiger partial charge < -0.3 is 14.4 Å². The van der Waals surface area contributed by atoms with Gasteiger partial charge in [0.15, 0.2) is 0 Å². The Hall–Kier alpha value is -1.81. The van der Waals surface area contributed by atoms with Gasteiger partial charge in [0.1, 0.15) is 12.1 Å². The predicted molar refractivity (Wildman–Crippen MR) is 88.9 cm³/mol. The zero-order valence-corrected chi connectivity index (χ0v) is 14.2. The normalized spacial score (nSPS) is 21.7. The van der Waals surface area contributed by atoms with Gasteiger partial charge in [-0.25, -0.2) is 4.79 Å². The van der Waals surface area contributed by atoms with Gasteiger partial charge in [0, 0.05) is 17.0 Å². The molecule has 1 fully saturated rings. The summed E-state index contributed by atoms with van der Waals surface area (Å²) in [6.07, 6.45) is 4.94. The van der Waals surface area contributed by atoms with Crippen molar-refractivity contribution < 1.29 is 14.4 Å². The minimum Gasteiger partial charge on any atom is -0.872 e. The summed E-state index contributed by atoms with van der Waals surface area (Å²) in [6.45, 7) is 7.90. The standard InChI is InChI=1S/C19H25NO3/c1-4-14-7-5-6-8-20(14)11-15-12(2)9-16-18(19(15)22)13(3)10-17(21)23-16/h9-10,14,22H,4-8,11H2,1-3H3. The fourth-order valence-corrected chi connectivity index (χ4v) is 3.96. The number of hydrogen-bond acceptors (Lipinski definition) is 3. The van der Waals surface area contributed by atoms with Crippen molar-refractivity contribution in [2.45, 2.75) is 59.0 Å². The number of fused-ring (bicyclic) bond motifs is 1. The number of rotatable bonds is 3. The number of nitrogens with one attached hydrogen (secondary N) is 1. The summed E-state index contributed by atoms with van der Waals surface area (Å²) in [5.74, 6) is 0.0363. The van der Waals surface area contributed by atoms with Crippen molar-refractivity contribution in [3.05, 3.63) is 39.2 Å². The van der Waals surface area contributed by atoms with Crippen LogP contribution in [0.15, 0.2) is 21.3 Å². The molecular formula is C19H25NO3. The highest BCUT2D eigenvalue weighted by atomic mass is 16.4. The van der Waals surface area contributed by atoms with E-state index in [1.807, 2.05) is 19.9 Å². The van der Waals surface area contributed by atoms with Crippen LogP contribution in [0.4, 0.5) is 0 Å². The van der Waals surface area contributed by atoms with Crippen molar-refractivity contribution in [1.29, 1.82) is 0 Å². The topological polar surface area (TPSA) is 57.7 Å². The molecule has 1 aromatic heterocycles. The first-order chi connectivity index (χ1) is 11.0. The van der Waals surface area contributed by atoms with Crippen LogP contribution in [0.3, 0.4) is 0 Å². The average molecular weight is 315 g/mol. The van der Waals surface area contributed by atoms with E-state index in [2.05, 4.69) is 6.92 Å². The molecule has 1 N–H and O–H groups in total. The Balaban J connectivity index is 2.05. The molecular weight excluding hydrogens is 290 g/mol. The molecule has 2 heterocycles. The first-order valence-corrected chi connectivity index (χ1v) is 8.59. The zero-order chi connectivity index (χ0) is 16.6. The van der Waals surface area contributed by atoms with Gasteiger partial charge in [0.2, 0.25) is 0 Å². The lowest BCUT2D eigenvalue weighted by Gasteiger charge is -2.34. The summed E-state index contributed by atoms with van der Waals surface area (Å²) in [5.41, 5.74) is 2.55. The van der Waals surface area contributed by atoms with Crippen LogP contribution in [-0.4, -0.2) is 12.6 Å². The molecule has 0 spiro atoms. The number of piperidine rings is 1. The van der Waals surface area contributed by atoms with E-state index in [1.54, 1.807) is 0 Å². The molecule has 0 bridgehead atoms. The van der Waals surface area contributed by atoms with Crippen LogP contribution in [-0.2, 0) is 6.54 Å². The maximum absolute atomic E-state index is 13.0. The van der Waals surface area contributed by atoms with Crippen LogP contribution in [0.25, 0.3) is 11.0 Å². The summed E-state index contributed by atoms with van der Waals surface area (Å²) in [6, 6.07) is 3.91. The van der Waals surface area contributed by atoms with Crippen LogP contribution in [0.1, 0.15) is 49.3 Å². The molecule has 4 heteroatoms. The second-order valence-electron chi connectivity index (χ2n) is 6.81. The maximum atomic E-state index is 13.0. The third-order valence-corrected chi connectivity index (χ3v) is 5.28. The van der Waals surface area contributed by atoms with Gasteiger partial charge in [-0.3, -0.25) is 0 Å². The van der Waals surface area contributed by atoms with E-state index in [1.165, 1.54) is 30.2 Å². The van der Waals surface area contributed by atoms with Gasteiger partial charge in [0.05, 0.1) is 12.6 Å². The Morgan fingerprint density at radius 2 is 2.04 bits per heavy atom. The van der Waals surface area contributed by atoms with Crippen molar-refractivity contribution in [3.8, 4) is 5.75 Å². The molecule has 23 heavy (non-hydrogen) atoms. The van der Waals surface area contributed by atoms with E-state index in [-0.39, 0.29) is 5.75 Å². The highest BCUT2D eigenvalue weighted by Gasteiger charge is 2.25. The van der Waals surface area contributed by atoms with Gasteiger partial charge in [0.25, 0.3) is 0 Å². The number of hydrogen-bond donors (Lipinski definition) is 1. The molecule has 2 aromatic rings. The van der Waals surface area contributed by atoms with Crippen molar-refractivity contribution >= 4 is 11.0 Å². The van der Waals surface area contributed by atoms with E-state index in [4.69, 9.17) is 4.42 Å². The molecule has 2 unspecified atom stereocenters. The molecule has 0 radical (unpaired) electrons. The van der Waals surface area contributed by atoms with E-state index in [0.717, 1.165) is 30.6 Å². The fraction of sp³-hybridized carbons (Fsp3) is 0.526. The van der Waals surface area contributed by atoms with E-state index in [9.17, 15) is 9.90 Å². The highest BCUT2D eigenvalue weighted by molar-refractivity contribution is 5.88. The molecule has 1 aliphatic rings. The predicted octanol–water partition coefficient (Wildman–Crippen LogP) is 1.83. The van der Waals surface area contributed by atoms with Crippen LogP contribution >= 0.6 is 0 Å². The van der Waals surface area contributed by atoms with Crippen LogP contribution in [0.5, 0.6) is 5.75 Å². The zero-order valence-electron chi connectivity index (χ0n) is 14.2. The monoisotopic (exact) mass is 315 g/mol. The first-order valence-electron chi connectivity index (χ1n) is 8.59. The van der Waals surface area contributed by atoms with Gasteiger partial charge in [-0.05, 0) is 56.7 Å². The molecule has 1 aliphatic heterocycles. The molecule has 1 aromatic carbocycles. The van der Waals surface area contributed by atoms with E-state index >= 15 is 0 Å². The summed E-state index contributed by atoms with van der Waals surface area (Å²) in [7, 11) is 0. The number of aryl methyl sites for hydroxylation is 2. The minimum atomic E-state index is -0.394. The Kier molecular flexibility index (Phi) is 4.44. The molecule has 4 nitrogen and oxygen atoms in total. The Morgan fingerprint density at radius 1 is 1.26 bits per heavy atom. The molecule has 0 saturated carbocycles. The van der Waals surface area contributed by atoms with Crippen LogP contribution in [0, 0.1) is 13.8 Å². The Labute approximate surface area is 136 Å². The summed E-state index contributed by atoms with van der Waals surface area (Å²) < 4.78 is 5.23. The lowest BCUT2D eigenvalue weighted by atomic mass is 9.96. The second-order valence-corrected chi connectivity index (χ2v) is 6.81. The third kappa shape index (κ3) is 3.00. The molecule has 1 saturated heterocycles. The van der Waals surface area contributed by atoms with Crippen molar-refractivity contribution in [3.63, 3.8) is 0 Å². The summed E-state index contributed by atoms with van der Waals surface area (Å²) in [5, 5.41) is 13.5. The molecule has 3 rings (SSSR count). The lowest BCUT2D eigenvalue weighted by Crippen LogP contribution is -3.15. The number of benzene rings is 1. The van der Waals surface area contributed by atoms with Crippen LogP contribution < -0.4 is 15.6 Å². The first kappa shape index (κ1) is 16.1. The van der Waals surface area contributed by atoms with Gasteiger partial charge >= 0.3 is 5.63 Å². The minimum absolute atomic E-state index is 0.0363. The maximum Gasteiger partial charge on any atom is 0.336 e. The smallest absolute Gasteiger partial charge is 0.336 e. The fourth-order valence-electron chi connectivity index (χ4n) is 3.96. The molecule has 2 atom stereocenters. The average Bonchev–Trinajstić information content (AvgIpc) is 2.50. The Morgan fingerprint density at radius 3 is 2.78 bits per heavy atom. The van der Waals surface area contributed by atoms with Gasteiger partial charge in [-0.1, -0.05) is 12.7 Å². The molecule has 0 amide bonds. The van der Waals surface area contributed by atoms with E-state index < -0.39 is 5.63 Å². The molecule has 124 valence electrons. The van der Waals surface area contributed by atoms with Gasteiger partial charge in [-0.15, -0.1) is 0 Å². The molecule has 0 aliphatic carbocycles. The number of quaternary nitrogens is 1. The summed E-state index contributed by atoms with van der Waals surface area (Å²) >= 11 is 0. The highest BCUT2D eigenvalue weighted by Crippen LogP contribution is 2.30. The van der Waals surface area contributed by atoms with Crippen LogP contribution in [0.2, 0.25) is 0 Å². The summed E-state index contributed by atoms with van der Waals surface area (Å²) in [4.78, 5) is 13.1. The SMILES string of the molecule is CCC1CCCC[NH+]1Cc1c(C)cc2oc(=O)cc(C)c2c1[O-]. The van der Waals surface area contributed by atoms with Crippen molar-refractivity contribution in [2.75, 3.05) is 6.54 Å². The Bertz CT molecular complexity index is 778. The number of likely N-dealkylation sites (tertiary alicyclic amines) is 1. The third-order valence-electron chi connectivity index (χ3n) is 5.28. The lowest BCUT2D eigenvalue weighted by molar-refractivity contribution is -0.944. The van der Waals surface area contributed by atoms with E-state index in [0.29, 0.717) is 22.6 Å². The quantitative estimate of drug-likeness (QED) is 0.879. The largest absolute Gasteiger partial charge is 0.872 e. The van der Waals surface area contributed by atoms with Gasteiger partial charge in [-0.2, -0.15) is 0 Å². The van der Waals surface area contributed by atoms with Crippen molar-refractivity contribution in [1.82, 2.24) is 0 Å².